The summed E-state index contributed by atoms with van der Waals surface area (Å²) >= 11 is 5.79. The zero-order valence-corrected chi connectivity index (χ0v) is 13.5. The minimum Gasteiger partial charge on any atom is -0.356 e. The second kappa shape index (κ2) is 5.03. The number of carbonyl (C=O) groups is 1. The van der Waals surface area contributed by atoms with Gasteiger partial charge in [-0.2, -0.15) is 0 Å². The number of hydrogen-bond donors (Lipinski definition) is 1. The number of aromatic nitrogens is 3. The molecule has 0 bridgehead atoms. The molecule has 3 heterocycles. The lowest BCUT2D eigenvalue weighted by Crippen LogP contribution is -2.46. The zero-order valence-electron chi connectivity index (χ0n) is 12.7. The summed E-state index contributed by atoms with van der Waals surface area (Å²) in [6.07, 6.45) is 5.39. The number of carbonyl (C=O) groups excluding carboxylic acids is 1. The van der Waals surface area contributed by atoms with Crippen LogP contribution >= 0.6 is 11.6 Å². The third kappa shape index (κ3) is 2.16. The van der Waals surface area contributed by atoms with Crippen molar-refractivity contribution in [1.29, 1.82) is 0 Å². The molecule has 1 aliphatic carbocycles. The van der Waals surface area contributed by atoms with E-state index >= 15 is 0 Å². The highest BCUT2D eigenvalue weighted by atomic mass is 35.5. The summed E-state index contributed by atoms with van der Waals surface area (Å²) in [7, 11) is 1.82. The number of amides is 1. The predicted molar refractivity (Wildman–Crippen MR) is 83.9 cm³/mol. The smallest absolute Gasteiger partial charge is 0.255 e. The molecule has 2 aromatic rings. The Morgan fingerprint density at radius 2 is 2.13 bits per heavy atom. The van der Waals surface area contributed by atoms with Crippen LogP contribution in [0.2, 0.25) is 5.28 Å². The molecule has 0 radical (unpaired) electrons. The first kappa shape index (κ1) is 14.6. The molecule has 1 aliphatic heterocycles. The zero-order chi connectivity index (χ0) is 16.2. The third-order valence-electron chi connectivity index (χ3n) is 5.00. The highest BCUT2D eigenvalue weighted by molar-refractivity contribution is 6.28. The van der Waals surface area contributed by atoms with Crippen LogP contribution in [0.1, 0.15) is 41.7 Å². The van der Waals surface area contributed by atoms with E-state index in [1.165, 1.54) is 0 Å². The Labute approximate surface area is 137 Å². The van der Waals surface area contributed by atoms with E-state index in [1.807, 2.05) is 7.05 Å². The van der Waals surface area contributed by atoms with E-state index in [2.05, 4.69) is 15.0 Å². The Bertz CT molecular complexity index is 797. The molecule has 1 N–H and O–H groups in total. The molecule has 1 saturated carbocycles. The van der Waals surface area contributed by atoms with Gasteiger partial charge in [-0.25, -0.2) is 14.4 Å². The Morgan fingerprint density at radius 1 is 1.39 bits per heavy atom. The Balaban J connectivity index is 1.89. The van der Waals surface area contributed by atoms with Crippen molar-refractivity contribution in [2.24, 2.45) is 0 Å². The largest absolute Gasteiger partial charge is 0.356 e. The summed E-state index contributed by atoms with van der Waals surface area (Å²) in [5, 5.41) is -0.0204. The molecule has 5 nitrogen and oxygen atoms in total. The van der Waals surface area contributed by atoms with Crippen molar-refractivity contribution in [2.75, 3.05) is 13.6 Å². The fraction of sp³-hybridized carbons (Fsp3) is 0.438. The number of fused-ring (bicyclic) bond motifs is 2. The van der Waals surface area contributed by atoms with Crippen LogP contribution in [-0.2, 0) is 5.41 Å². The number of aromatic amines is 1. The lowest BCUT2D eigenvalue weighted by Gasteiger charge is -2.38. The molecule has 0 aromatic carbocycles. The number of nitrogens with zero attached hydrogens (tertiary/aromatic N) is 3. The van der Waals surface area contributed by atoms with Gasteiger partial charge in [0.25, 0.3) is 5.91 Å². The van der Waals surface area contributed by atoms with Crippen LogP contribution in [0, 0.1) is 5.82 Å². The highest BCUT2D eigenvalue weighted by Gasteiger charge is 2.45. The predicted octanol–water partition coefficient (Wildman–Crippen LogP) is 3.16. The first-order valence-electron chi connectivity index (χ1n) is 7.67. The van der Waals surface area contributed by atoms with E-state index in [0.717, 1.165) is 37.6 Å². The topological polar surface area (TPSA) is 61.9 Å². The van der Waals surface area contributed by atoms with Crippen LogP contribution in [0.15, 0.2) is 12.3 Å². The van der Waals surface area contributed by atoms with Crippen molar-refractivity contribution in [2.45, 2.75) is 31.1 Å². The summed E-state index contributed by atoms with van der Waals surface area (Å²) in [5.74, 6) is -0.602. The fourth-order valence-corrected chi connectivity index (χ4v) is 4.11. The molecule has 2 aliphatic rings. The van der Waals surface area contributed by atoms with Crippen molar-refractivity contribution in [3.8, 4) is 11.4 Å². The average Bonchev–Trinajstić information content (AvgIpc) is 3.15. The first-order chi connectivity index (χ1) is 11.0. The third-order valence-corrected chi connectivity index (χ3v) is 5.18. The van der Waals surface area contributed by atoms with Crippen LogP contribution < -0.4 is 0 Å². The Kier molecular flexibility index (Phi) is 3.20. The molecular weight excluding hydrogens is 319 g/mol. The lowest BCUT2D eigenvalue weighted by molar-refractivity contribution is 0.0721. The fourth-order valence-electron chi connectivity index (χ4n) is 3.97. The number of halogens is 2. The molecule has 4 rings (SSSR count). The number of hydrogen-bond acceptors (Lipinski definition) is 3. The van der Waals surface area contributed by atoms with Crippen molar-refractivity contribution in [1.82, 2.24) is 19.9 Å². The number of rotatable bonds is 1. The van der Waals surface area contributed by atoms with E-state index < -0.39 is 5.82 Å². The minimum absolute atomic E-state index is 0.0204. The molecular formula is C16H16ClFN4O. The molecule has 1 spiro atoms. The Morgan fingerprint density at radius 3 is 2.87 bits per heavy atom. The molecule has 1 amide bonds. The second-order valence-corrected chi connectivity index (χ2v) is 6.79. The van der Waals surface area contributed by atoms with Crippen LogP contribution in [-0.4, -0.2) is 39.4 Å². The molecule has 1 fully saturated rings. The maximum Gasteiger partial charge on any atom is 0.255 e. The Hall–Kier alpha value is -1.95. The summed E-state index contributed by atoms with van der Waals surface area (Å²) < 4.78 is 14.1. The van der Waals surface area contributed by atoms with E-state index in [4.69, 9.17) is 11.6 Å². The van der Waals surface area contributed by atoms with Gasteiger partial charge >= 0.3 is 0 Å². The van der Waals surface area contributed by atoms with Crippen LogP contribution in [0.4, 0.5) is 4.39 Å². The van der Waals surface area contributed by atoms with E-state index in [1.54, 1.807) is 11.0 Å². The quantitative estimate of drug-likeness (QED) is 0.815. The number of H-pyrrole nitrogens is 1. The van der Waals surface area contributed by atoms with Gasteiger partial charge in [-0.05, 0) is 30.5 Å². The van der Waals surface area contributed by atoms with Gasteiger partial charge in [0.05, 0.1) is 17.5 Å². The number of likely N-dealkylation sites (N-methyl/N-ethyl adjacent to an activating group) is 1. The monoisotopic (exact) mass is 334 g/mol. The molecule has 0 atom stereocenters. The van der Waals surface area contributed by atoms with Gasteiger partial charge < -0.3 is 9.88 Å². The van der Waals surface area contributed by atoms with E-state index in [-0.39, 0.29) is 22.3 Å². The van der Waals surface area contributed by atoms with Crippen molar-refractivity contribution in [3.05, 3.63) is 34.6 Å². The molecule has 23 heavy (non-hydrogen) atoms. The van der Waals surface area contributed by atoms with Gasteiger partial charge in [0.1, 0.15) is 5.69 Å². The van der Waals surface area contributed by atoms with E-state index in [9.17, 15) is 9.18 Å². The molecule has 0 unspecified atom stereocenters. The van der Waals surface area contributed by atoms with Crippen molar-refractivity contribution < 1.29 is 9.18 Å². The maximum absolute atomic E-state index is 14.1. The molecule has 2 aromatic heterocycles. The van der Waals surface area contributed by atoms with Gasteiger partial charge in [-0.3, -0.25) is 4.79 Å². The van der Waals surface area contributed by atoms with Gasteiger partial charge in [-0.1, -0.05) is 12.8 Å². The summed E-state index contributed by atoms with van der Waals surface area (Å²) in [6, 6.07) is 1.69. The molecule has 7 heteroatoms. The van der Waals surface area contributed by atoms with Crippen molar-refractivity contribution in [3.63, 3.8) is 0 Å². The number of nitrogens with one attached hydrogen (secondary N) is 1. The SMILES string of the molecule is CN1CC2(CCCC2)c2[nH]c(-c3nc(Cl)ncc3F)cc2C1=O. The highest BCUT2D eigenvalue weighted by Crippen LogP contribution is 2.46. The standard InChI is InChI=1S/C16H16ClFN4O/c1-22-8-16(4-2-3-5-16)13-9(14(22)23)6-11(20-13)12-10(18)7-19-15(17)21-12/h6-7,20H,2-5,8H2,1H3. The lowest BCUT2D eigenvalue weighted by atomic mass is 9.78. The molecule has 120 valence electrons. The maximum atomic E-state index is 14.1. The van der Waals surface area contributed by atoms with Gasteiger partial charge in [-0.15, -0.1) is 0 Å². The van der Waals surface area contributed by atoms with Crippen LogP contribution in [0.25, 0.3) is 11.4 Å². The van der Waals surface area contributed by atoms with E-state index in [0.29, 0.717) is 17.8 Å². The van der Waals surface area contributed by atoms with Gasteiger partial charge in [0, 0.05) is 24.7 Å². The minimum atomic E-state index is -0.561. The second-order valence-electron chi connectivity index (χ2n) is 6.46. The molecule has 0 saturated heterocycles. The van der Waals surface area contributed by atoms with Gasteiger partial charge in [0.15, 0.2) is 5.82 Å². The normalized spacial score (nSPS) is 19.4. The average molecular weight is 335 g/mol. The van der Waals surface area contributed by atoms with Gasteiger partial charge in [0.2, 0.25) is 5.28 Å². The first-order valence-corrected chi connectivity index (χ1v) is 8.05. The summed E-state index contributed by atoms with van der Waals surface area (Å²) in [5.41, 5.74) is 2.06. The van der Waals surface area contributed by atoms with Crippen molar-refractivity contribution >= 4 is 17.5 Å². The van der Waals surface area contributed by atoms with Crippen LogP contribution in [0.5, 0.6) is 0 Å². The summed E-state index contributed by atoms with van der Waals surface area (Å²) in [4.78, 5) is 25.1. The summed E-state index contributed by atoms with van der Waals surface area (Å²) in [6.45, 7) is 0.700. The van der Waals surface area contributed by atoms with Crippen LogP contribution in [0.3, 0.4) is 0 Å².